The Morgan fingerprint density at radius 2 is 1.96 bits per heavy atom. The van der Waals surface area contributed by atoms with Gasteiger partial charge in [-0.15, -0.1) is 0 Å². The number of halogens is 2. The Kier molecular flexibility index (Phi) is 4.44. The molecule has 0 N–H and O–H groups in total. The van der Waals surface area contributed by atoms with E-state index in [1.807, 2.05) is 36.5 Å². The monoisotopic (exact) mass is 361 g/mol. The molecule has 6 heteroatoms. The zero-order valence-electron chi connectivity index (χ0n) is 13.1. The van der Waals surface area contributed by atoms with Crippen LogP contribution < -0.4 is 0 Å². The Morgan fingerprint density at radius 1 is 1.12 bits per heavy atom. The molecule has 0 radical (unpaired) electrons. The number of aromatic nitrogens is 2. The summed E-state index contributed by atoms with van der Waals surface area (Å²) in [7, 11) is 0. The number of pyridine rings is 1. The first-order chi connectivity index (χ1) is 11.7. The molecule has 3 heterocycles. The number of rotatable bonds is 3. The molecule has 1 saturated heterocycles. The van der Waals surface area contributed by atoms with Gasteiger partial charge >= 0.3 is 0 Å². The number of hydrogen-bond acceptors (Lipinski definition) is 4. The van der Waals surface area contributed by atoms with Crippen LogP contribution in [0, 0.1) is 0 Å². The summed E-state index contributed by atoms with van der Waals surface area (Å²) in [4.78, 5) is 11.2. The Balaban J connectivity index is 1.40. The molecule has 0 unspecified atom stereocenters. The maximum absolute atomic E-state index is 6.02. The van der Waals surface area contributed by atoms with Crippen LogP contribution in [-0.2, 0) is 6.54 Å². The van der Waals surface area contributed by atoms with Crippen molar-refractivity contribution < 1.29 is 4.42 Å². The number of oxazole rings is 1. The molecular weight excluding hydrogens is 345 g/mol. The third-order valence-corrected chi connectivity index (χ3v) is 4.96. The number of benzene rings is 1. The molecule has 0 bridgehead atoms. The van der Waals surface area contributed by atoms with E-state index in [-0.39, 0.29) is 0 Å². The minimum absolute atomic E-state index is 0.371. The zero-order chi connectivity index (χ0) is 16.5. The highest BCUT2D eigenvalue weighted by Crippen LogP contribution is 2.31. The summed E-state index contributed by atoms with van der Waals surface area (Å²) in [6, 6.07) is 9.45. The molecule has 4 rings (SSSR count). The smallest absolute Gasteiger partial charge is 0.198 e. The fourth-order valence-corrected chi connectivity index (χ4v) is 3.47. The number of likely N-dealkylation sites (tertiary alicyclic amines) is 1. The lowest BCUT2D eigenvalue weighted by Crippen LogP contribution is -2.32. The molecule has 0 atom stereocenters. The molecule has 24 heavy (non-hydrogen) atoms. The zero-order valence-corrected chi connectivity index (χ0v) is 14.6. The molecular formula is C18H17Cl2N3O. The highest BCUT2D eigenvalue weighted by atomic mass is 35.5. The minimum atomic E-state index is 0.371. The molecule has 4 nitrogen and oxygen atoms in total. The standard InChI is InChI=1S/C18H17Cl2N3O/c19-14-2-3-16-15(9-14)22-18(24-16)13-5-7-23(8-6-13)11-12-1-4-17(20)21-10-12/h1-4,9-10,13H,5-8,11H2. The number of hydrogen-bond donors (Lipinski definition) is 0. The van der Waals surface area contributed by atoms with Crippen LogP contribution in [0.15, 0.2) is 40.9 Å². The predicted octanol–water partition coefficient (Wildman–Crippen LogP) is 4.91. The average molecular weight is 362 g/mol. The van der Waals surface area contributed by atoms with Crippen molar-refractivity contribution >= 4 is 34.3 Å². The molecule has 0 aliphatic carbocycles. The summed E-state index contributed by atoms with van der Waals surface area (Å²) in [5.41, 5.74) is 2.84. The van der Waals surface area contributed by atoms with Gasteiger partial charge in [-0.05, 0) is 55.8 Å². The normalized spacial score (nSPS) is 16.8. The largest absolute Gasteiger partial charge is 0.440 e. The second kappa shape index (κ2) is 6.71. The van der Waals surface area contributed by atoms with Crippen molar-refractivity contribution in [3.05, 3.63) is 58.2 Å². The van der Waals surface area contributed by atoms with Gasteiger partial charge in [0.05, 0.1) is 0 Å². The van der Waals surface area contributed by atoms with Crippen molar-refractivity contribution in [2.24, 2.45) is 0 Å². The second-order valence-electron chi connectivity index (χ2n) is 6.20. The van der Waals surface area contributed by atoms with Gasteiger partial charge in [0.25, 0.3) is 0 Å². The van der Waals surface area contributed by atoms with Crippen LogP contribution in [0.1, 0.15) is 30.2 Å². The summed E-state index contributed by atoms with van der Waals surface area (Å²) in [6.07, 6.45) is 3.93. The quantitative estimate of drug-likeness (QED) is 0.621. The number of piperidine rings is 1. The number of fused-ring (bicyclic) bond motifs is 1. The predicted molar refractivity (Wildman–Crippen MR) is 95.5 cm³/mol. The average Bonchev–Trinajstić information content (AvgIpc) is 3.01. The minimum Gasteiger partial charge on any atom is -0.440 e. The van der Waals surface area contributed by atoms with Crippen LogP contribution in [0.5, 0.6) is 0 Å². The molecule has 2 aromatic heterocycles. The van der Waals surface area contributed by atoms with Gasteiger partial charge < -0.3 is 4.42 Å². The van der Waals surface area contributed by atoms with E-state index in [9.17, 15) is 0 Å². The Morgan fingerprint density at radius 3 is 2.71 bits per heavy atom. The molecule has 124 valence electrons. The number of nitrogens with zero attached hydrogens (tertiary/aromatic N) is 3. The van der Waals surface area contributed by atoms with Crippen molar-refractivity contribution in [2.75, 3.05) is 13.1 Å². The van der Waals surface area contributed by atoms with E-state index in [1.165, 1.54) is 5.56 Å². The lowest BCUT2D eigenvalue weighted by atomic mass is 9.96. The van der Waals surface area contributed by atoms with Crippen molar-refractivity contribution in [3.63, 3.8) is 0 Å². The van der Waals surface area contributed by atoms with E-state index < -0.39 is 0 Å². The van der Waals surface area contributed by atoms with Gasteiger partial charge in [-0.25, -0.2) is 9.97 Å². The third-order valence-electron chi connectivity index (χ3n) is 4.50. The van der Waals surface area contributed by atoms with Crippen molar-refractivity contribution in [1.82, 2.24) is 14.9 Å². The fourth-order valence-electron chi connectivity index (χ4n) is 3.19. The molecule has 0 saturated carbocycles. The molecule has 0 amide bonds. The molecule has 1 fully saturated rings. The SMILES string of the molecule is Clc1ccc2oc(C3CCN(Cc4ccc(Cl)nc4)CC3)nc2c1. The van der Waals surface area contributed by atoms with E-state index in [1.54, 1.807) is 0 Å². The van der Waals surface area contributed by atoms with Crippen molar-refractivity contribution in [3.8, 4) is 0 Å². The highest BCUT2D eigenvalue weighted by Gasteiger charge is 2.24. The van der Waals surface area contributed by atoms with Crippen LogP contribution in [0.2, 0.25) is 10.2 Å². The first-order valence-corrected chi connectivity index (χ1v) is 8.82. The Hall–Kier alpha value is -1.62. The fraction of sp³-hybridized carbons (Fsp3) is 0.333. The molecule has 1 aliphatic heterocycles. The maximum Gasteiger partial charge on any atom is 0.198 e. The Labute approximate surface area is 150 Å². The van der Waals surface area contributed by atoms with Crippen LogP contribution in [0.25, 0.3) is 11.1 Å². The van der Waals surface area contributed by atoms with Gasteiger partial charge in [-0.3, -0.25) is 4.90 Å². The van der Waals surface area contributed by atoms with Crippen molar-refractivity contribution in [1.29, 1.82) is 0 Å². The summed E-state index contributed by atoms with van der Waals surface area (Å²) < 4.78 is 5.92. The van der Waals surface area contributed by atoms with E-state index in [0.29, 0.717) is 16.1 Å². The summed E-state index contributed by atoms with van der Waals surface area (Å²) in [6.45, 7) is 2.94. The van der Waals surface area contributed by atoms with Gasteiger partial charge in [0.1, 0.15) is 10.7 Å². The lowest BCUT2D eigenvalue weighted by Gasteiger charge is -2.30. The van der Waals surface area contributed by atoms with Crippen LogP contribution in [0.4, 0.5) is 0 Å². The second-order valence-corrected chi connectivity index (χ2v) is 7.03. The van der Waals surface area contributed by atoms with Crippen LogP contribution in [-0.4, -0.2) is 28.0 Å². The van der Waals surface area contributed by atoms with Crippen molar-refractivity contribution in [2.45, 2.75) is 25.3 Å². The third kappa shape index (κ3) is 3.41. The summed E-state index contributed by atoms with van der Waals surface area (Å²) in [5.74, 6) is 1.20. The maximum atomic E-state index is 6.02. The van der Waals surface area contributed by atoms with Crippen LogP contribution in [0.3, 0.4) is 0 Å². The Bertz CT molecular complexity index is 839. The topological polar surface area (TPSA) is 42.2 Å². The first kappa shape index (κ1) is 15.9. The molecule has 1 aromatic carbocycles. The molecule has 3 aromatic rings. The van der Waals surface area contributed by atoms with E-state index in [0.717, 1.165) is 49.5 Å². The lowest BCUT2D eigenvalue weighted by molar-refractivity contribution is 0.194. The highest BCUT2D eigenvalue weighted by molar-refractivity contribution is 6.31. The van der Waals surface area contributed by atoms with Gasteiger partial charge in [-0.2, -0.15) is 0 Å². The van der Waals surface area contributed by atoms with Gasteiger partial charge in [0, 0.05) is 23.7 Å². The first-order valence-electron chi connectivity index (χ1n) is 8.06. The van der Waals surface area contributed by atoms with Gasteiger partial charge in [-0.1, -0.05) is 29.3 Å². The summed E-state index contributed by atoms with van der Waals surface area (Å²) in [5, 5.41) is 1.22. The van der Waals surface area contributed by atoms with E-state index in [2.05, 4.69) is 14.9 Å². The van der Waals surface area contributed by atoms with Gasteiger partial charge in [0.2, 0.25) is 0 Å². The van der Waals surface area contributed by atoms with Crippen LogP contribution >= 0.6 is 23.2 Å². The summed E-state index contributed by atoms with van der Waals surface area (Å²) >= 11 is 11.9. The molecule has 1 aliphatic rings. The van der Waals surface area contributed by atoms with Gasteiger partial charge in [0.15, 0.2) is 11.5 Å². The van der Waals surface area contributed by atoms with E-state index >= 15 is 0 Å². The van der Waals surface area contributed by atoms with E-state index in [4.69, 9.17) is 27.6 Å². The molecule has 0 spiro atoms.